The lowest BCUT2D eigenvalue weighted by Crippen LogP contribution is -2.21. The summed E-state index contributed by atoms with van der Waals surface area (Å²) in [6.07, 6.45) is -4.77. The second-order valence-electron chi connectivity index (χ2n) is 3.67. The Kier molecular flexibility index (Phi) is 3.18. The number of anilines is 2. The van der Waals surface area contributed by atoms with Gasteiger partial charge < -0.3 is 16.8 Å². The molecule has 6 N–H and O–H groups in total. The van der Waals surface area contributed by atoms with Gasteiger partial charge in [0.15, 0.2) is 0 Å². The molecule has 8 nitrogen and oxygen atoms in total. The van der Waals surface area contributed by atoms with Gasteiger partial charge in [0.05, 0.1) is 16.8 Å². The van der Waals surface area contributed by atoms with Gasteiger partial charge in [-0.25, -0.2) is 4.79 Å². The highest BCUT2D eigenvalue weighted by Crippen LogP contribution is 2.43. The summed E-state index contributed by atoms with van der Waals surface area (Å²) < 4.78 is 39.3. The second kappa shape index (κ2) is 4.68. The van der Waals surface area contributed by atoms with Crippen LogP contribution in [0, 0.1) is 0 Å². The van der Waals surface area contributed by atoms with Crippen LogP contribution >= 0.6 is 0 Å². The summed E-state index contributed by atoms with van der Waals surface area (Å²) in [5.41, 5.74) is 7.84. The van der Waals surface area contributed by atoms with Crippen LogP contribution in [0.3, 0.4) is 0 Å². The Labute approximate surface area is 109 Å². The molecule has 2 rings (SSSR count). The smallest absolute Gasteiger partial charge is 0.398 e. The standard InChI is InChI=1S/C9H8F3N7O/c10-9(11,12)6-3(13)1-2-4(15-8(14)20)5(6)7-16-18-19-17-7/h1-2H,13H2,(H3,14,15,20)(H,16,17,18,19). The number of rotatable bonds is 2. The molecule has 0 aliphatic heterocycles. The number of tetrazole rings is 1. The van der Waals surface area contributed by atoms with Gasteiger partial charge in [-0.2, -0.15) is 18.4 Å². The molecule has 1 aromatic carbocycles. The minimum atomic E-state index is -4.77. The Morgan fingerprint density at radius 1 is 1.35 bits per heavy atom. The lowest BCUT2D eigenvalue weighted by molar-refractivity contribution is -0.136. The predicted molar refractivity (Wildman–Crippen MR) is 62.2 cm³/mol. The number of H-pyrrole nitrogens is 1. The predicted octanol–water partition coefficient (Wildman–Crippen LogP) is 0.958. The molecule has 2 amide bonds. The highest BCUT2D eigenvalue weighted by atomic mass is 19.4. The van der Waals surface area contributed by atoms with Crippen LogP contribution in [0.15, 0.2) is 12.1 Å². The number of hydrogen-bond donors (Lipinski definition) is 4. The first-order valence-electron chi connectivity index (χ1n) is 5.10. The van der Waals surface area contributed by atoms with Crippen molar-refractivity contribution in [3.63, 3.8) is 0 Å². The number of nitrogens with zero attached hydrogens (tertiary/aromatic N) is 3. The van der Waals surface area contributed by atoms with Crippen LogP contribution in [0.5, 0.6) is 0 Å². The minimum absolute atomic E-state index is 0.222. The number of halogens is 3. The lowest BCUT2D eigenvalue weighted by atomic mass is 10.0. The molecule has 0 aliphatic carbocycles. The third kappa shape index (κ3) is 2.46. The fourth-order valence-corrected chi connectivity index (χ4v) is 1.66. The summed E-state index contributed by atoms with van der Waals surface area (Å²) in [6, 6.07) is 1.13. The van der Waals surface area contributed by atoms with Crippen LogP contribution in [-0.4, -0.2) is 26.7 Å². The van der Waals surface area contributed by atoms with Crippen LogP contribution in [0.25, 0.3) is 11.4 Å². The van der Waals surface area contributed by atoms with E-state index in [4.69, 9.17) is 11.5 Å². The van der Waals surface area contributed by atoms with Crippen molar-refractivity contribution >= 4 is 17.4 Å². The molecule has 0 aliphatic rings. The maximum atomic E-state index is 13.1. The zero-order valence-electron chi connectivity index (χ0n) is 9.69. The summed E-state index contributed by atoms with van der Waals surface area (Å²) in [4.78, 5) is 10.9. The van der Waals surface area contributed by atoms with E-state index in [9.17, 15) is 18.0 Å². The number of aromatic amines is 1. The minimum Gasteiger partial charge on any atom is -0.398 e. The largest absolute Gasteiger partial charge is 0.419 e. The van der Waals surface area contributed by atoms with Crippen molar-refractivity contribution in [1.82, 2.24) is 20.6 Å². The van der Waals surface area contributed by atoms with Crippen LogP contribution < -0.4 is 16.8 Å². The molecular formula is C9H8F3N7O. The van der Waals surface area contributed by atoms with Crippen molar-refractivity contribution in [2.45, 2.75) is 6.18 Å². The number of nitrogen functional groups attached to an aromatic ring is 1. The van der Waals surface area contributed by atoms with Gasteiger partial charge in [0, 0.05) is 5.69 Å². The topological polar surface area (TPSA) is 136 Å². The Morgan fingerprint density at radius 3 is 2.55 bits per heavy atom. The Bertz CT molecular complexity index is 638. The zero-order chi connectivity index (χ0) is 14.9. The van der Waals surface area contributed by atoms with Gasteiger partial charge in [0.2, 0.25) is 5.82 Å². The molecule has 0 unspecified atom stereocenters. The summed E-state index contributed by atoms with van der Waals surface area (Å²) in [5, 5.41) is 14.2. The van der Waals surface area contributed by atoms with E-state index in [2.05, 4.69) is 20.7 Å². The number of alkyl halides is 3. The lowest BCUT2D eigenvalue weighted by Gasteiger charge is -2.16. The van der Waals surface area contributed by atoms with Crippen molar-refractivity contribution in [3.8, 4) is 11.4 Å². The van der Waals surface area contributed by atoms with Gasteiger partial charge in [-0.05, 0) is 17.3 Å². The first-order valence-corrected chi connectivity index (χ1v) is 5.10. The Morgan fingerprint density at radius 2 is 2.05 bits per heavy atom. The van der Waals surface area contributed by atoms with Crippen LogP contribution in [0.1, 0.15) is 5.56 Å². The highest BCUT2D eigenvalue weighted by Gasteiger charge is 2.38. The molecule has 1 heterocycles. The van der Waals surface area contributed by atoms with E-state index in [0.29, 0.717) is 0 Å². The molecule has 0 fully saturated rings. The summed E-state index contributed by atoms with van der Waals surface area (Å²) in [6.45, 7) is 0. The Balaban J connectivity index is 2.75. The van der Waals surface area contributed by atoms with Crippen molar-refractivity contribution in [3.05, 3.63) is 17.7 Å². The zero-order valence-corrected chi connectivity index (χ0v) is 9.69. The molecule has 0 saturated carbocycles. The third-order valence-corrected chi connectivity index (χ3v) is 2.35. The van der Waals surface area contributed by atoms with Gasteiger partial charge in [-0.1, -0.05) is 0 Å². The van der Waals surface area contributed by atoms with Gasteiger partial charge in [-0.3, -0.25) is 0 Å². The number of benzene rings is 1. The van der Waals surface area contributed by atoms with Crippen molar-refractivity contribution in [1.29, 1.82) is 0 Å². The molecule has 0 radical (unpaired) electrons. The van der Waals surface area contributed by atoms with E-state index in [-0.39, 0.29) is 11.5 Å². The average Bonchev–Trinajstić information content (AvgIpc) is 2.82. The number of aromatic nitrogens is 4. The van der Waals surface area contributed by atoms with E-state index < -0.39 is 29.0 Å². The SMILES string of the molecule is NC(=O)Nc1ccc(N)c(C(F)(F)F)c1-c1nn[nH]n1. The number of carbonyl (C=O) groups excluding carboxylic acids is 1. The fourth-order valence-electron chi connectivity index (χ4n) is 1.66. The first-order chi connectivity index (χ1) is 9.30. The van der Waals surface area contributed by atoms with Crippen molar-refractivity contribution in [2.75, 3.05) is 11.1 Å². The molecular weight excluding hydrogens is 279 g/mol. The number of nitrogens with two attached hydrogens (primary N) is 2. The summed E-state index contributed by atoms with van der Waals surface area (Å²) in [5.74, 6) is -0.367. The average molecular weight is 287 g/mol. The van der Waals surface area contributed by atoms with Crippen LogP contribution in [0.2, 0.25) is 0 Å². The maximum Gasteiger partial charge on any atom is 0.419 e. The molecule has 0 spiro atoms. The van der Waals surface area contributed by atoms with Gasteiger partial charge in [-0.15, -0.1) is 10.2 Å². The normalized spacial score (nSPS) is 11.3. The van der Waals surface area contributed by atoms with E-state index >= 15 is 0 Å². The molecule has 106 valence electrons. The number of hydrogen-bond acceptors (Lipinski definition) is 5. The molecule has 20 heavy (non-hydrogen) atoms. The molecule has 1 aromatic heterocycles. The van der Waals surface area contributed by atoms with Gasteiger partial charge in [0.25, 0.3) is 0 Å². The monoisotopic (exact) mass is 287 g/mol. The van der Waals surface area contributed by atoms with Crippen molar-refractivity contribution < 1.29 is 18.0 Å². The number of primary amides is 1. The van der Waals surface area contributed by atoms with Gasteiger partial charge in [0.1, 0.15) is 0 Å². The molecule has 0 saturated heterocycles. The number of nitrogens with one attached hydrogen (secondary N) is 2. The molecule has 2 aromatic rings. The van der Waals surface area contributed by atoms with Crippen molar-refractivity contribution in [2.24, 2.45) is 5.73 Å². The van der Waals surface area contributed by atoms with E-state index in [1.165, 1.54) is 6.07 Å². The fraction of sp³-hybridized carbons (Fsp3) is 0.111. The quantitative estimate of drug-likeness (QED) is 0.610. The van der Waals surface area contributed by atoms with Gasteiger partial charge >= 0.3 is 12.2 Å². The summed E-state index contributed by atoms with van der Waals surface area (Å²) >= 11 is 0. The molecule has 0 bridgehead atoms. The first kappa shape index (κ1) is 13.6. The van der Waals surface area contributed by atoms with Crippen LogP contribution in [-0.2, 0) is 6.18 Å². The number of urea groups is 1. The molecule has 11 heteroatoms. The third-order valence-electron chi connectivity index (χ3n) is 2.35. The maximum absolute atomic E-state index is 13.1. The summed E-state index contributed by atoms with van der Waals surface area (Å²) in [7, 11) is 0. The second-order valence-corrected chi connectivity index (χ2v) is 3.67. The highest BCUT2D eigenvalue weighted by molar-refractivity contribution is 5.94. The number of amides is 2. The van der Waals surface area contributed by atoms with E-state index in [0.717, 1.165) is 6.07 Å². The van der Waals surface area contributed by atoms with E-state index in [1.54, 1.807) is 0 Å². The Hall–Kier alpha value is -2.85. The molecule has 0 atom stereocenters. The van der Waals surface area contributed by atoms with Crippen LogP contribution in [0.4, 0.5) is 29.3 Å². The number of carbonyl (C=O) groups is 1. The van der Waals surface area contributed by atoms with E-state index in [1.807, 2.05) is 5.21 Å².